The van der Waals surface area contributed by atoms with Crippen molar-refractivity contribution < 1.29 is 15.3 Å². The van der Waals surface area contributed by atoms with Crippen molar-refractivity contribution in [2.45, 2.75) is 30.8 Å². The number of hydrazine groups is 1. The predicted octanol–water partition coefficient (Wildman–Crippen LogP) is -1.90. The molecule has 3 atom stereocenters. The van der Waals surface area contributed by atoms with Gasteiger partial charge in [-0.1, -0.05) is 0 Å². The quantitative estimate of drug-likeness (QED) is 0.369. The molecule has 3 rings (SSSR count). The van der Waals surface area contributed by atoms with Crippen molar-refractivity contribution in [1.29, 1.82) is 0 Å². The monoisotopic (exact) mass is 267 g/mol. The first-order valence-electron chi connectivity index (χ1n) is 6.14. The Morgan fingerprint density at radius 1 is 1.42 bits per heavy atom. The molecule has 0 amide bonds. The molecule has 0 saturated heterocycles. The summed E-state index contributed by atoms with van der Waals surface area (Å²) in [5, 5.41) is 30.0. The Balaban J connectivity index is 1.79. The molecule has 1 unspecified atom stereocenters. The summed E-state index contributed by atoms with van der Waals surface area (Å²) < 4.78 is 0. The van der Waals surface area contributed by atoms with Crippen molar-refractivity contribution >= 4 is 12.0 Å². The van der Waals surface area contributed by atoms with Gasteiger partial charge in [0.2, 0.25) is 5.79 Å². The number of hydrogen-bond donors (Lipinski definition) is 6. The Kier molecular flexibility index (Phi) is 2.84. The molecular weight excluding hydrogens is 250 g/mol. The number of nitrogens with zero attached hydrogens (tertiary/aromatic N) is 2. The van der Waals surface area contributed by atoms with E-state index in [1.54, 1.807) is 17.5 Å². The van der Waals surface area contributed by atoms with E-state index in [0.717, 1.165) is 16.9 Å². The fourth-order valence-corrected chi connectivity index (χ4v) is 2.49. The Morgan fingerprint density at radius 2 is 2.21 bits per heavy atom. The van der Waals surface area contributed by atoms with Crippen LogP contribution in [-0.2, 0) is 12.2 Å². The van der Waals surface area contributed by atoms with Crippen molar-refractivity contribution in [2.75, 3.05) is 11.6 Å². The van der Waals surface area contributed by atoms with Gasteiger partial charge in [0.1, 0.15) is 12.0 Å². The van der Waals surface area contributed by atoms with Gasteiger partial charge in [-0.3, -0.25) is 10.7 Å². The van der Waals surface area contributed by atoms with Gasteiger partial charge in [0.05, 0.1) is 17.9 Å². The van der Waals surface area contributed by atoms with E-state index in [2.05, 4.69) is 15.4 Å². The smallest absolute Gasteiger partial charge is 0.224 e. The van der Waals surface area contributed by atoms with E-state index in [4.69, 9.17) is 10.8 Å². The Hall–Kier alpha value is -1.45. The highest BCUT2D eigenvalue weighted by atomic mass is 16.3. The SMILES string of the molecule is NC12N=CN(N1)c1c(C[C@H](O)[C@H](O)CCO)c[nH]c12. The topological polar surface area (TPSA) is 130 Å². The minimum Gasteiger partial charge on any atom is -0.396 e. The summed E-state index contributed by atoms with van der Waals surface area (Å²) in [6, 6.07) is 0. The van der Waals surface area contributed by atoms with Crippen molar-refractivity contribution in [3.63, 3.8) is 0 Å². The molecular formula is C11H17N5O3. The molecule has 2 aliphatic rings. The molecule has 0 aromatic carbocycles. The lowest BCUT2D eigenvalue weighted by atomic mass is 10.0. The van der Waals surface area contributed by atoms with Crippen molar-refractivity contribution in [2.24, 2.45) is 10.7 Å². The van der Waals surface area contributed by atoms with Crippen LogP contribution in [0.4, 0.5) is 5.69 Å². The zero-order valence-electron chi connectivity index (χ0n) is 10.2. The van der Waals surface area contributed by atoms with Crippen LogP contribution < -0.4 is 16.2 Å². The van der Waals surface area contributed by atoms with Crippen LogP contribution in [0.1, 0.15) is 17.7 Å². The van der Waals surface area contributed by atoms with Crippen LogP contribution in [0.5, 0.6) is 0 Å². The van der Waals surface area contributed by atoms with Crippen molar-refractivity contribution in [3.8, 4) is 0 Å². The van der Waals surface area contributed by atoms with Crippen LogP contribution in [0, 0.1) is 0 Å². The molecule has 19 heavy (non-hydrogen) atoms. The molecule has 8 heteroatoms. The molecule has 2 aliphatic heterocycles. The molecule has 1 aromatic heterocycles. The van der Waals surface area contributed by atoms with Crippen LogP contribution in [0.25, 0.3) is 0 Å². The number of rotatable bonds is 5. The summed E-state index contributed by atoms with van der Waals surface area (Å²) in [5.74, 6) is -0.956. The van der Waals surface area contributed by atoms with Gasteiger partial charge in [-0.15, -0.1) is 0 Å². The van der Waals surface area contributed by atoms with E-state index in [0.29, 0.717) is 0 Å². The van der Waals surface area contributed by atoms with Gasteiger partial charge in [0.25, 0.3) is 0 Å². The average molecular weight is 267 g/mol. The molecule has 3 heterocycles. The van der Waals surface area contributed by atoms with E-state index in [1.807, 2.05) is 0 Å². The summed E-state index contributed by atoms with van der Waals surface area (Å²) >= 11 is 0. The highest BCUT2D eigenvalue weighted by Crippen LogP contribution is 2.40. The maximum atomic E-state index is 9.91. The number of aliphatic imine (C=N–C) groups is 1. The highest BCUT2D eigenvalue weighted by molar-refractivity contribution is 5.88. The lowest BCUT2D eigenvalue weighted by Gasteiger charge is -2.18. The molecule has 0 radical (unpaired) electrons. The number of fused-ring (bicyclic) bond motifs is 5. The van der Waals surface area contributed by atoms with E-state index >= 15 is 0 Å². The standard InChI is InChI=1S/C11H17N5O3/c12-11-10-9(16(15-11)5-14-11)6(4-13-10)3-8(19)7(18)1-2-17/h4-5,7-8,13,15,17-19H,1-3,12H2/t7-,8+,11?/m1/s1. The van der Waals surface area contributed by atoms with Crippen LogP contribution in [0.3, 0.4) is 0 Å². The maximum Gasteiger partial charge on any atom is 0.224 e. The van der Waals surface area contributed by atoms with Gasteiger partial charge in [-0.05, 0) is 12.0 Å². The Bertz CT molecular complexity index is 516. The lowest BCUT2D eigenvalue weighted by molar-refractivity contribution is 0.00607. The second kappa shape index (κ2) is 4.29. The molecule has 0 aliphatic carbocycles. The molecule has 2 bridgehead atoms. The molecule has 8 nitrogen and oxygen atoms in total. The number of aromatic amines is 1. The Labute approximate surface area is 109 Å². The molecule has 0 spiro atoms. The van der Waals surface area contributed by atoms with Gasteiger partial charge >= 0.3 is 0 Å². The van der Waals surface area contributed by atoms with Gasteiger partial charge < -0.3 is 20.3 Å². The van der Waals surface area contributed by atoms with Crippen molar-refractivity contribution in [1.82, 2.24) is 10.4 Å². The van der Waals surface area contributed by atoms with E-state index in [1.165, 1.54) is 0 Å². The fourth-order valence-electron chi connectivity index (χ4n) is 2.49. The normalized spacial score (nSPS) is 26.8. The summed E-state index contributed by atoms with van der Waals surface area (Å²) in [5.41, 5.74) is 11.5. The maximum absolute atomic E-state index is 9.91. The number of aliphatic hydroxyl groups excluding tert-OH is 3. The first-order valence-corrected chi connectivity index (χ1v) is 6.14. The zero-order chi connectivity index (χ0) is 13.6. The average Bonchev–Trinajstić information content (AvgIpc) is 3.00. The van der Waals surface area contributed by atoms with E-state index in [-0.39, 0.29) is 19.4 Å². The third-order valence-corrected chi connectivity index (χ3v) is 3.52. The van der Waals surface area contributed by atoms with E-state index in [9.17, 15) is 10.2 Å². The van der Waals surface area contributed by atoms with Gasteiger partial charge in [0.15, 0.2) is 0 Å². The fraction of sp³-hybridized carbons (Fsp3) is 0.545. The summed E-state index contributed by atoms with van der Waals surface area (Å²) in [7, 11) is 0. The molecule has 1 aromatic rings. The number of nitrogens with one attached hydrogen (secondary N) is 2. The van der Waals surface area contributed by atoms with Gasteiger partial charge in [-0.2, -0.15) is 5.43 Å². The largest absolute Gasteiger partial charge is 0.396 e. The van der Waals surface area contributed by atoms with Gasteiger partial charge in [0, 0.05) is 19.2 Å². The van der Waals surface area contributed by atoms with Crippen LogP contribution in [0.15, 0.2) is 11.2 Å². The lowest BCUT2D eigenvalue weighted by Crippen LogP contribution is -2.45. The Morgan fingerprint density at radius 3 is 2.95 bits per heavy atom. The number of anilines is 1. The van der Waals surface area contributed by atoms with Crippen LogP contribution in [-0.4, -0.2) is 45.5 Å². The minimum atomic E-state index is -0.956. The summed E-state index contributed by atoms with van der Waals surface area (Å²) in [6.07, 6.45) is 1.89. The zero-order valence-corrected chi connectivity index (χ0v) is 10.2. The number of H-pyrrole nitrogens is 1. The summed E-state index contributed by atoms with van der Waals surface area (Å²) in [4.78, 5) is 7.18. The predicted molar refractivity (Wildman–Crippen MR) is 68.2 cm³/mol. The van der Waals surface area contributed by atoms with Crippen molar-refractivity contribution in [3.05, 3.63) is 17.5 Å². The molecule has 104 valence electrons. The molecule has 0 saturated carbocycles. The first-order chi connectivity index (χ1) is 9.05. The third-order valence-electron chi connectivity index (χ3n) is 3.52. The number of aromatic nitrogens is 1. The second-order valence-electron chi connectivity index (χ2n) is 4.88. The number of hydrogen-bond acceptors (Lipinski definition) is 7. The number of aliphatic hydroxyl groups is 3. The van der Waals surface area contributed by atoms with E-state index < -0.39 is 18.0 Å². The third kappa shape index (κ3) is 1.85. The first kappa shape index (κ1) is 12.6. The molecule has 7 N–H and O–H groups in total. The van der Waals surface area contributed by atoms with Crippen LogP contribution >= 0.6 is 0 Å². The highest BCUT2D eigenvalue weighted by Gasteiger charge is 2.46. The van der Waals surface area contributed by atoms with Crippen LogP contribution in [0.2, 0.25) is 0 Å². The van der Waals surface area contributed by atoms with Gasteiger partial charge in [-0.25, -0.2) is 4.99 Å². The summed E-state index contributed by atoms with van der Waals surface area (Å²) in [6.45, 7) is -0.157. The number of nitrogens with two attached hydrogens (primary N) is 1. The minimum absolute atomic E-state index is 0.151. The molecule has 0 fully saturated rings. The second-order valence-corrected chi connectivity index (χ2v) is 4.88.